The summed E-state index contributed by atoms with van der Waals surface area (Å²) >= 11 is 17.8. The van der Waals surface area contributed by atoms with Crippen LogP contribution in [0.25, 0.3) is 16.7 Å². The van der Waals surface area contributed by atoms with E-state index in [1.54, 1.807) is 30.3 Å². The average Bonchev–Trinajstić information content (AvgIpc) is 2.82. The minimum atomic E-state index is -0.453. The van der Waals surface area contributed by atoms with Crippen molar-refractivity contribution in [1.82, 2.24) is 19.9 Å². The first-order valence-electron chi connectivity index (χ1n) is 9.93. The van der Waals surface area contributed by atoms with Gasteiger partial charge in [0.25, 0.3) is 17.3 Å². The molecule has 0 saturated heterocycles. The van der Waals surface area contributed by atoms with Gasteiger partial charge in [0.1, 0.15) is 5.82 Å². The molecular weight excluding hydrogens is 499 g/mol. The monoisotopic (exact) mass is 516 g/mol. The van der Waals surface area contributed by atoms with Gasteiger partial charge >= 0.3 is 0 Å². The minimum absolute atomic E-state index is 0.0878. The topological polar surface area (TPSA) is 98.2 Å². The summed E-state index contributed by atoms with van der Waals surface area (Å²) in [5, 5.41) is 3.72. The van der Waals surface area contributed by atoms with E-state index in [0.717, 1.165) is 5.56 Å². The number of halogens is 2. The van der Waals surface area contributed by atoms with Gasteiger partial charge in [-0.05, 0) is 54.2 Å². The number of nitrogens with one attached hydrogen (secondary N) is 2. The van der Waals surface area contributed by atoms with Crippen LogP contribution in [-0.4, -0.2) is 34.7 Å². The van der Waals surface area contributed by atoms with Crippen molar-refractivity contribution < 1.29 is 14.3 Å². The minimum Gasteiger partial charge on any atom is -0.491 e. The Morgan fingerprint density at radius 2 is 1.94 bits per heavy atom. The van der Waals surface area contributed by atoms with Crippen molar-refractivity contribution in [3.05, 3.63) is 84.8 Å². The molecule has 2 N–H and O–H groups in total. The van der Waals surface area contributed by atoms with E-state index in [1.807, 2.05) is 6.07 Å². The number of ether oxygens (including phenoxy) is 2. The normalized spacial score (nSPS) is 10.8. The van der Waals surface area contributed by atoms with Crippen LogP contribution in [0.3, 0.4) is 0 Å². The molecule has 2 heterocycles. The second-order valence-corrected chi connectivity index (χ2v) is 8.37. The number of carbonyl (C=O) groups excluding carboxylic acids is 1. The predicted molar refractivity (Wildman–Crippen MR) is 133 cm³/mol. The Kier molecular flexibility index (Phi) is 6.87. The zero-order chi connectivity index (χ0) is 24.4. The smallest absolute Gasteiger partial charge is 0.268 e. The summed E-state index contributed by atoms with van der Waals surface area (Å²) in [6.07, 6.45) is 0. The highest BCUT2D eigenvalue weighted by molar-refractivity contribution is 7.71. The molecule has 0 fully saturated rings. The molecule has 0 radical (unpaired) electrons. The molecule has 0 aliphatic rings. The molecule has 0 aliphatic heterocycles. The Morgan fingerprint density at radius 1 is 1.15 bits per heavy atom. The Labute approximate surface area is 209 Å². The van der Waals surface area contributed by atoms with Crippen molar-refractivity contribution in [2.75, 3.05) is 14.2 Å². The maximum Gasteiger partial charge on any atom is 0.268 e. The SMILES string of the molecule is COc1ccc(-n2c(=S)[nH]c3cc(C(=O)NCc4cccc(Cl)c4)c(Cl)cc3c2=O)nc1OC. The van der Waals surface area contributed by atoms with E-state index >= 15 is 0 Å². The molecule has 8 nitrogen and oxygen atoms in total. The van der Waals surface area contributed by atoms with E-state index < -0.39 is 11.5 Å². The number of nitrogens with zero attached hydrogens (tertiary/aromatic N) is 2. The van der Waals surface area contributed by atoms with Gasteiger partial charge in [0.15, 0.2) is 10.5 Å². The lowest BCUT2D eigenvalue weighted by molar-refractivity contribution is 0.0951. The fourth-order valence-corrected chi connectivity index (χ4v) is 4.14. The van der Waals surface area contributed by atoms with Crippen LogP contribution in [0.15, 0.2) is 53.3 Å². The summed E-state index contributed by atoms with van der Waals surface area (Å²) in [7, 11) is 2.93. The molecule has 4 rings (SSSR count). The van der Waals surface area contributed by atoms with Crippen molar-refractivity contribution in [3.8, 4) is 17.4 Å². The number of aromatic amines is 1. The third-order valence-electron chi connectivity index (χ3n) is 5.03. The Morgan fingerprint density at radius 3 is 2.65 bits per heavy atom. The van der Waals surface area contributed by atoms with Crippen molar-refractivity contribution >= 4 is 52.2 Å². The standard InChI is InChI=1S/C23H18Cl2N4O4S/c1-32-18-6-7-19(28-21(18)33-2)29-22(31)15-9-16(25)14(10-17(15)27-23(29)34)20(30)26-11-12-4-3-5-13(24)8-12/h3-10H,11H2,1-2H3,(H,26,30)(H,27,34). The van der Waals surface area contributed by atoms with Crippen molar-refractivity contribution in [1.29, 1.82) is 0 Å². The number of benzene rings is 2. The van der Waals surface area contributed by atoms with E-state index in [-0.39, 0.29) is 39.0 Å². The summed E-state index contributed by atoms with van der Waals surface area (Å²) in [5.41, 5.74) is 0.945. The predicted octanol–water partition coefficient (Wildman–Crippen LogP) is 4.70. The van der Waals surface area contributed by atoms with Gasteiger partial charge in [-0.3, -0.25) is 9.59 Å². The number of fused-ring (bicyclic) bond motifs is 1. The molecule has 1 amide bonds. The van der Waals surface area contributed by atoms with Gasteiger partial charge in [-0.1, -0.05) is 35.3 Å². The molecule has 0 unspecified atom stereocenters. The summed E-state index contributed by atoms with van der Waals surface area (Å²) in [5.74, 6) is 0.444. The summed E-state index contributed by atoms with van der Waals surface area (Å²) in [6, 6.07) is 13.3. The molecule has 11 heteroatoms. The van der Waals surface area contributed by atoms with Crippen molar-refractivity contribution in [2.45, 2.75) is 6.54 Å². The number of pyridine rings is 1. The molecule has 0 atom stereocenters. The first-order valence-corrected chi connectivity index (χ1v) is 11.1. The van der Waals surface area contributed by atoms with Crippen molar-refractivity contribution in [3.63, 3.8) is 0 Å². The Hall–Kier alpha value is -3.40. The molecular formula is C23H18Cl2N4O4S. The zero-order valence-electron chi connectivity index (χ0n) is 18.0. The summed E-state index contributed by atoms with van der Waals surface area (Å²) in [6.45, 7) is 0.260. The first kappa shape index (κ1) is 23.7. The van der Waals surface area contributed by atoms with E-state index in [9.17, 15) is 9.59 Å². The maximum absolute atomic E-state index is 13.3. The van der Waals surface area contributed by atoms with Crippen LogP contribution in [-0.2, 0) is 6.54 Å². The number of H-pyrrole nitrogens is 1. The molecule has 0 saturated carbocycles. The molecule has 2 aromatic carbocycles. The van der Waals surface area contributed by atoms with Crippen LogP contribution in [0.5, 0.6) is 11.6 Å². The van der Waals surface area contributed by atoms with Crippen molar-refractivity contribution in [2.24, 2.45) is 0 Å². The fourth-order valence-electron chi connectivity index (χ4n) is 3.39. The van der Waals surface area contributed by atoms with Gasteiger partial charge in [-0.25, -0.2) is 4.57 Å². The number of rotatable bonds is 6. The molecule has 0 bridgehead atoms. The third-order valence-corrected chi connectivity index (χ3v) is 5.86. The molecule has 174 valence electrons. The number of aromatic nitrogens is 3. The second-order valence-electron chi connectivity index (χ2n) is 7.14. The lowest BCUT2D eigenvalue weighted by Crippen LogP contribution is -2.24. The van der Waals surface area contributed by atoms with E-state index in [4.69, 9.17) is 44.9 Å². The maximum atomic E-state index is 13.3. The summed E-state index contributed by atoms with van der Waals surface area (Å²) < 4.78 is 11.7. The van der Waals surface area contributed by atoms with Gasteiger partial charge in [0.05, 0.1) is 35.7 Å². The molecule has 34 heavy (non-hydrogen) atoms. The molecule has 0 spiro atoms. The van der Waals surface area contributed by atoms with Crippen LogP contribution in [0.1, 0.15) is 15.9 Å². The highest BCUT2D eigenvalue weighted by Gasteiger charge is 2.17. The highest BCUT2D eigenvalue weighted by Crippen LogP contribution is 2.26. The first-order chi connectivity index (χ1) is 16.3. The van der Waals surface area contributed by atoms with Crippen LogP contribution >= 0.6 is 35.4 Å². The van der Waals surface area contributed by atoms with Gasteiger partial charge in [0.2, 0.25) is 0 Å². The van der Waals surface area contributed by atoms with E-state index in [1.165, 1.54) is 30.9 Å². The van der Waals surface area contributed by atoms with Crippen LogP contribution < -0.4 is 20.3 Å². The van der Waals surface area contributed by atoms with Gasteiger partial charge in [-0.15, -0.1) is 0 Å². The zero-order valence-corrected chi connectivity index (χ0v) is 20.3. The molecule has 2 aromatic heterocycles. The largest absolute Gasteiger partial charge is 0.491 e. The number of amides is 1. The number of hydrogen-bond acceptors (Lipinski definition) is 6. The van der Waals surface area contributed by atoms with Gasteiger partial charge in [0, 0.05) is 11.6 Å². The molecule has 0 aliphatic carbocycles. The van der Waals surface area contributed by atoms with Crippen LogP contribution in [0.4, 0.5) is 0 Å². The van der Waals surface area contributed by atoms with Crippen LogP contribution in [0.2, 0.25) is 10.0 Å². The Bertz CT molecular complexity index is 1530. The third kappa shape index (κ3) is 4.63. The number of carbonyl (C=O) groups is 1. The lowest BCUT2D eigenvalue weighted by Gasteiger charge is -2.12. The fraction of sp³-hybridized carbons (Fsp3) is 0.130. The average molecular weight is 517 g/mol. The molecule has 4 aromatic rings. The van der Waals surface area contributed by atoms with Gasteiger partial charge in [-0.2, -0.15) is 4.98 Å². The summed E-state index contributed by atoms with van der Waals surface area (Å²) in [4.78, 5) is 33.3. The van der Waals surface area contributed by atoms with Gasteiger partial charge < -0.3 is 19.8 Å². The van der Waals surface area contributed by atoms with Crippen LogP contribution in [0, 0.1) is 4.77 Å². The second kappa shape index (κ2) is 9.84. The number of hydrogen-bond donors (Lipinski definition) is 2. The van der Waals surface area contributed by atoms with E-state index in [2.05, 4.69) is 15.3 Å². The Balaban J connectivity index is 1.72. The number of methoxy groups -OCH3 is 2. The highest BCUT2D eigenvalue weighted by atomic mass is 35.5. The van der Waals surface area contributed by atoms with E-state index in [0.29, 0.717) is 16.3 Å². The quantitative estimate of drug-likeness (QED) is 0.360. The lowest BCUT2D eigenvalue weighted by atomic mass is 10.1.